The lowest BCUT2D eigenvalue weighted by Crippen LogP contribution is -2.34. The molecule has 0 bridgehead atoms. The number of morpholine rings is 1. The van der Waals surface area contributed by atoms with Crippen molar-refractivity contribution in [3.8, 4) is 5.75 Å². The van der Waals surface area contributed by atoms with Gasteiger partial charge in [-0.3, -0.25) is 14.4 Å². The molecule has 1 aliphatic rings. The molecule has 1 atom stereocenters. The lowest BCUT2D eigenvalue weighted by atomic mass is 9.97. The van der Waals surface area contributed by atoms with Crippen molar-refractivity contribution in [2.75, 3.05) is 33.1 Å². The molecule has 1 aliphatic heterocycles. The van der Waals surface area contributed by atoms with E-state index >= 15 is 0 Å². The number of ketones is 1. The van der Waals surface area contributed by atoms with Crippen molar-refractivity contribution in [1.82, 2.24) is 15.3 Å². The number of aromatic nitrogens is 2. The number of nitrogens with one attached hydrogen (secondary N) is 1. The van der Waals surface area contributed by atoms with E-state index in [0.717, 1.165) is 12.1 Å². The number of hydrogen-bond acceptors (Lipinski definition) is 10. The molecule has 0 amide bonds. The number of nitrogens with zero attached hydrogens (tertiary/aromatic N) is 2. The van der Waals surface area contributed by atoms with Crippen LogP contribution in [0.25, 0.3) is 0 Å². The van der Waals surface area contributed by atoms with Crippen LogP contribution in [0.5, 0.6) is 5.75 Å². The Hall–Kier alpha value is -2.82. The van der Waals surface area contributed by atoms with E-state index < -0.39 is 5.41 Å². The zero-order valence-corrected chi connectivity index (χ0v) is 22.2. The number of thioether (sulfide) groups is 1. The molecule has 1 saturated heterocycles. The minimum Gasteiger partial charge on any atom is -0.496 e. The zero-order valence-electron chi connectivity index (χ0n) is 21.4. The van der Waals surface area contributed by atoms with Crippen molar-refractivity contribution in [2.24, 2.45) is 5.41 Å². The maximum Gasteiger partial charge on any atom is 0.311 e. The summed E-state index contributed by atoms with van der Waals surface area (Å²) in [4.78, 5) is 46.2. The second-order valence-corrected chi connectivity index (χ2v) is 10.3. The number of ether oxygens (including phenoxy) is 3. The first-order chi connectivity index (χ1) is 17.2. The lowest BCUT2D eigenvalue weighted by Gasteiger charge is -2.25. The highest BCUT2D eigenvalue weighted by molar-refractivity contribution is 7.98. The van der Waals surface area contributed by atoms with E-state index in [-0.39, 0.29) is 37.3 Å². The fourth-order valence-electron chi connectivity index (χ4n) is 3.74. The Labute approximate surface area is 215 Å². The van der Waals surface area contributed by atoms with E-state index in [0.29, 0.717) is 52.9 Å². The standard InChI is InChI=1S/C26H33N3O6S/c1-26(2,3)24(32)35-15-17-10-16(6-7-21(17)33-4)11-18(31)12-20-19(14-30)23(29-25(28-20)36-5)22-13-27-8-9-34-22/h6-7,10,14,22,27H,8-9,11-13,15H2,1-5H3. The van der Waals surface area contributed by atoms with Crippen molar-refractivity contribution in [3.63, 3.8) is 0 Å². The molecule has 0 saturated carbocycles. The molecule has 3 rings (SSSR count). The largest absolute Gasteiger partial charge is 0.496 e. The molecule has 0 radical (unpaired) electrons. The van der Waals surface area contributed by atoms with Gasteiger partial charge in [0, 0.05) is 31.5 Å². The average molecular weight is 516 g/mol. The zero-order chi connectivity index (χ0) is 26.3. The summed E-state index contributed by atoms with van der Waals surface area (Å²) < 4.78 is 16.6. The number of methoxy groups -OCH3 is 1. The van der Waals surface area contributed by atoms with Crippen LogP contribution in [0.4, 0.5) is 0 Å². The van der Waals surface area contributed by atoms with E-state index in [9.17, 15) is 14.4 Å². The Morgan fingerprint density at radius 3 is 2.64 bits per heavy atom. The van der Waals surface area contributed by atoms with Crippen LogP contribution in [0.15, 0.2) is 23.4 Å². The van der Waals surface area contributed by atoms with E-state index in [2.05, 4.69) is 15.3 Å². The van der Waals surface area contributed by atoms with Gasteiger partial charge < -0.3 is 19.5 Å². The minimum atomic E-state index is -0.623. The van der Waals surface area contributed by atoms with E-state index in [4.69, 9.17) is 14.2 Å². The van der Waals surface area contributed by atoms with Crippen LogP contribution in [0.1, 0.15) is 59.7 Å². The molecule has 0 spiro atoms. The van der Waals surface area contributed by atoms with Crippen LogP contribution in [0, 0.1) is 5.41 Å². The number of rotatable bonds is 10. The lowest BCUT2D eigenvalue weighted by molar-refractivity contribution is -0.154. The predicted octanol–water partition coefficient (Wildman–Crippen LogP) is 3.12. The summed E-state index contributed by atoms with van der Waals surface area (Å²) in [6.07, 6.45) is 2.28. The number of benzene rings is 1. The molecule has 1 unspecified atom stereocenters. The Bertz CT molecular complexity index is 1110. The molecule has 2 heterocycles. The first-order valence-electron chi connectivity index (χ1n) is 11.7. The van der Waals surface area contributed by atoms with Gasteiger partial charge in [-0.1, -0.05) is 17.8 Å². The maximum atomic E-state index is 13.1. The Balaban J connectivity index is 1.79. The monoisotopic (exact) mass is 515 g/mol. The summed E-state index contributed by atoms with van der Waals surface area (Å²) in [5, 5.41) is 3.72. The molecule has 9 nitrogen and oxygen atoms in total. The van der Waals surface area contributed by atoms with Crippen LogP contribution in [-0.4, -0.2) is 61.1 Å². The number of hydrogen-bond donors (Lipinski definition) is 1. The first kappa shape index (κ1) is 27.8. The fraction of sp³-hybridized carbons (Fsp3) is 0.500. The number of aldehydes is 1. The number of carbonyl (C=O) groups is 3. The van der Waals surface area contributed by atoms with Crippen molar-refractivity contribution >= 4 is 29.8 Å². The third-order valence-electron chi connectivity index (χ3n) is 5.65. The molecular formula is C26H33N3O6S. The molecular weight excluding hydrogens is 482 g/mol. The summed E-state index contributed by atoms with van der Waals surface area (Å²) in [5.41, 5.74) is 2.00. The van der Waals surface area contributed by atoms with Gasteiger partial charge in [-0.2, -0.15) is 0 Å². The highest BCUT2D eigenvalue weighted by atomic mass is 32.2. The summed E-state index contributed by atoms with van der Waals surface area (Å²) in [5.74, 6) is 0.135. The Morgan fingerprint density at radius 2 is 2.03 bits per heavy atom. The summed E-state index contributed by atoms with van der Waals surface area (Å²) in [6.45, 7) is 7.18. The van der Waals surface area contributed by atoms with Gasteiger partial charge in [0.1, 0.15) is 24.2 Å². The van der Waals surface area contributed by atoms with E-state index in [1.165, 1.54) is 18.9 Å². The molecule has 36 heavy (non-hydrogen) atoms. The Morgan fingerprint density at radius 1 is 1.25 bits per heavy atom. The van der Waals surface area contributed by atoms with Crippen molar-refractivity contribution < 1.29 is 28.6 Å². The minimum absolute atomic E-state index is 0.0162. The highest BCUT2D eigenvalue weighted by Gasteiger charge is 2.26. The molecule has 2 aromatic rings. The predicted molar refractivity (Wildman–Crippen MR) is 135 cm³/mol. The molecule has 1 aromatic heterocycles. The van der Waals surface area contributed by atoms with E-state index in [1.54, 1.807) is 39.0 Å². The third kappa shape index (κ3) is 7.11. The second kappa shape index (κ2) is 12.4. The van der Waals surface area contributed by atoms with Gasteiger partial charge in [0.25, 0.3) is 0 Å². The van der Waals surface area contributed by atoms with Gasteiger partial charge >= 0.3 is 5.97 Å². The van der Waals surface area contributed by atoms with Crippen LogP contribution in [-0.2, 0) is 38.5 Å². The van der Waals surface area contributed by atoms with Crippen LogP contribution < -0.4 is 10.1 Å². The topological polar surface area (TPSA) is 117 Å². The summed E-state index contributed by atoms with van der Waals surface area (Å²) in [6, 6.07) is 5.35. The number of carbonyl (C=O) groups excluding carboxylic acids is 3. The second-order valence-electron chi connectivity index (χ2n) is 9.50. The smallest absolute Gasteiger partial charge is 0.311 e. The van der Waals surface area contributed by atoms with Crippen LogP contribution in [0.3, 0.4) is 0 Å². The van der Waals surface area contributed by atoms with Crippen molar-refractivity contribution in [2.45, 2.75) is 51.5 Å². The normalized spacial score (nSPS) is 15.9. The highest BCUT2D eigenvalue weighted by Crippen LogP contribution is 2.26. The molecule has 1 aromatic carbocycles. The molecule has 194 valence electrons. The molecule has 0 aliphatic carbocycles. The van der Waals surface area contributed by atoms with E-state index in [1.807, 2.05) is 6.26 Å². The van der Waals surface area contributed by atoms with Crippen molar-refractivity contribution in [1.29, 1.82) is 0 Å². The van der Waals surface area contributed by atoms with Crippen molar-refractivity contribution in [3.05, 3.63) is 46.3 Å². The number of esters is 1. The fourth-order valence-corrected chi connectivity index (χ4v) is 4.14. The van der Waals surface area contributed by atoms with Crippen LogP contribution in [0.2, 0.25) is 0 Å². The maximum absolute atomic E-state index is 13.1. The van der Waals surface area contributed by atoms with Gasteiger partial charge in [0.2, 0.25) is 0 Å². The van der Waals surface area contributed by atoms with Gasteiger partial charge in [-0.15, -0.1) is 0 Å². The number of Topliss-reactive ketones (excluding diaryl/α,β-unsaturated/α-hetero) is 1. The molecule has 1 N–H and O–H groups in total. The average Bonchev–Trinajstić information content (AvgIpc) is 2.86. The van der Waals surface area contributed by atoms with Gasteiger partial charge in [-0.05, 0) is 44.7 Å². The molecule has 10 heteroatoms. The summed E-state index contributed by atoms with van der Waals surface area (Å²) >= 11 is 1.35. The summed E-state index contributed by atoms with van der Waals surface area (Å²) in [7, 11) is 1.54. The Kier molecular flexibility index (Phi) is 9.58. The van der Waals surface area contributed by atoms with Gasteiger partial charge in [0.05, 0.1) is 36.1 Å². The van der Waals surface area contributed by atoms with Gasteiger partial charge in [-0.25, -0.2) is 9.97 Å². The first-order valence-corrected chi connectivity index (χ1v) is 13.0. The quantitative estimate of drug-likeness (QED) is 0.219. The SMILES string of the molecule is COc1ccc(CC(=O)Cc2nc(SC)nc(C3CNCCO3)c2C=O)cc1COC(=O)C(C)(C)C. The van der Waals surface area contributed by atoms with Crippen LogP contribution >= 0.6 is 11.8 Å². The third-order valence-corrected chi connectivity index (χ3v) is 6.20. The molecule has 1 fully saturated rings. The van der Waals surface area contributed by atoms with Gasteiger partial charge in [0.15, 0.2) is 11.4 Å².